The Kier molecular flexibility index (Phi) is 3.78. The maximum absolute atomic E-state index is 12.0. The molecule has 1 aromatic heterocycles. The minimum Gasteiger partial charge on any atom is -0.341 e. The topological polar surface area (TPSA) is 50.2 Å². The summed E-state index contributed by atoms with van der Waals surface area (Å²) >= 11 is 0. The first-order valence-electron chi connectivity index (χ1n) is 6.17. The molecule has 1 N–H and O–H groups in total. The van der Waals surface area contributed by atoms with Crippen LogP contribution in [-0.4, -0.2) is 39.7 Å². The van der Waals surface area contributed by atoms with Crippen molar-refractivity contribution < 1.29 is 4.79 Å². The molecule has 17 heavy (non-hydrogen) atoms. The second-order valence-electron chi connectivity index (χ2n) is 4.58. The van der Waals surface area contributed by atoms with Crippen LogP contribution < -0.4 is 5.32 Å². The fourth-order valence-corrected chi connectivity index (χ4v) is 2.13. The summed E-state index contributed by atoms with van der Waals surface area (Å²) < 4.78 is 1.82. The van der Waals surface area contributed by atoms with Gasteiger partial charge < -0.3 is 10.2 Å². The lowest BCUT2D eigenvalue weighted by Crippen LogP contribution is -2.43. The second kappa shape index (κ2) is 5.31. The largest absolute Gasteiger partial charge is 0.341 e. The van der Waals surface area contributed by atoms with Gasteiger partial charge in [-0.3, -0.25) is 9.48 Å². The Hall–Kier alpha value is -1.36. The van der Waals surface area contributed by atoms with Crippen LogP contribution in [0.5, 0.6) is 0 Å². The molecule has 94 valence electrons. The van der Waals surface area contributed by atoms with Gasteiger partial charge >= 0.3 is 0 Å². The second-order valence-corrected chi connectivity index (χ2v) is 4.58. The van der Waals surface area contributed by atoms with Crippen molar-refractivity contribution in [3.63, 3.8) is 0 Å². The first-order valence-corrected chi connectivity index (χ1v) is 6.17. The van der Waals surface area contributed by atoms with Crippen LogP contribution in [0.1, 0.15) is 25.5 Å². The van der Waals surface area contributed by atoms with Gasteiger partial charge in [0.15, 0.2) is 0 Å². The standard InChI is InChI=1S/C12H20N4O/c1-10(12(17)16-7-3-4-8-16)13-9-11-5-6-14-15(11)2/h5-6,10,13H,3-4,7-9H2,1-2H3. The van der Waals surface area contributed by atoms with Crippen LogP contribution in [0.2, 0.25) is 0 Å². The van der Waals surface area contributed by atoms with E-state index in [1.54, 1.807) is 6.20 Å². The Morgan fingerprint density at radius 1 is 1.53 bits per heavy atom. The summed E-state index contributed by atoms with van der Waals surface area (Å²) in [6, 6.07) is 1.84. The van der Waals surface area contributed by atoms with Crippen molar-refractivity contribution in [1.82, 2.24) is 20.0 Å². The SMILES string of the molecule is CC(NCc1ccnn1C)C(=O)N1CCCC1. The summed E-state index contributed by atoms with van der Waals surface area (Å²) in [6.45, 7) is 4.43. The molecule has 0 aromatic carbocycles. The third-order valence-corrected chi connectivity index (χ3v) is 3.30. The number of hydrogen-bond donors (Lipinski definition) is 1. The van der Waals surface area contributed by atoms with Gasteiger partial charge in [0, 0.05) is 32.9 Å². The third kappa shape index (κ3) is 2.85. The summed E-state index contributed by atoms with van der Waals surface area (Å²) in [5.41, 5.74) is 1.09. The van der Waals surface area contributed by atoms with Crippen LogP contribution >= 0.6 is 0 Å². The van der Waals surface area contributed by atoms with Gasteiger partial charge in [0.1, 0.15) is 0 Å². The average Bonchev–Trinajstić information content (AvgIpc) is 2.96. The summed E-state index contributed by atoms with van der Waals surface area (Å²) in [4.78, 5) is 14.0. The van der Waals surface area contributed by atoms with Crippen molar-refractivity contribution in [3.05, 3.63) is 18.0 Å². The molecule has 0 bridgehead atoms. The van der Waals surface area contributed by atoms with Gasteiger partial charge in [0.2, 0.25) is 5.91 Å². The molecule has 2 heterocycles. The number of aromatic nitrogens is 2. The van der Waals surface area contributed by atoms with Crippen molar-refractivity contribution in [3.8, 4) is 0 Å². The minimum absolute atomic E-state index is 0.122. The Balaban J connectivity index is 1.82. The van der Waals surface area contributed by atoms with E-state index in [2.05, 4.69) is 10.4 Å². The number of nitrogens with one attached hydrogen (secondary N) is 1. The zero-order valence-corrected chi connectivity index (χ0v) is 10.5. The van der Waals surface area contributed by atoms with Gasteiger partial charge in [-0.15, -0.1) is 0 Å². The van der Waals surface area contributed by atoms with E-state index in [0.717, 1.165) is 31.6 Å². The van der Waals surface area contributed by atoms with E-state index in [1.165, 1.54) is 0 Å². The molecule has 1 aliphatic rings. The van der Waals surface area contributed by atoms with E-state index in [9.17, 15) is 4.79 Å². The predicted octanol–water partition coefficient (Wildman–Crippen LogP) is 0.521. The molecule has 0 saturated carbocycles. The maximum atomic E-state index is 12.0. The van der Waals surface area contributed by atoms with Crippen LogP contribution in [0.3, 0.4) is 0 Å². The molecule has 1 atom stereocenters. The fourth-order valence-electron chi connectivity index (χ4n) is 2.13. The highest BCUT2D eigenvalue weighted by molar-refractivity contribution is 5.81. The molecule has 1 aromatic rings. The Morgan fingerprint density at radius 2 is 2.24 bits per heavy atom. The van der Waals surface area contributed by atoms with Gasteiger partial charge in [-0.25, -0.2) is 0 Å². The molecule has 0 spiro atoms. The number of nitrogens with zero attached hydrogens (tertiary/aromatic N) is 3. The van der Waals surface area contributed by atoms with Crippen molar-refractivity contribution in [1.29, 1.82) is 0 Å². The number of amides is 1. The molecule has 0 radical (unpaired) electrons. The van der Waals surface area contributed by atoms with E-state index >= 15 is 0 Å². The number of aryl methyl sites for hydroxylation is 1. The lowest BCUT2D eigenvalue weighted by Gasteiger charge is -2.21. The molecule has 1 amide bonds. The number of carbonyl (C=O) groups excluding carboxylic acids is 1. The molecule has 1 saturated heterocycles. The molecule has 2 rings (SSSR count). The van der Waals surface area contributed by atoms with Crippen LogP contribution in [0.15, 0.2) is 12.3 Å². The van der Waals surface area contributed by atoms with Crippen molar-refractivity contribution >= 4 is 5.91 Å². The fraction of sp³-hybridized carbons (Fsp3) is 0.667. The van der Waals surface area contributed by atoms with E-state index in [0.29, 0.717) is 6.54 Å². The third-order valence-electron chi connectivity index (χ3n) is 3.30. The normalized spacial score (nSPS) is 17.4. The zero-order valence-electron chi connectivity index (χ0n) is 10.5. The average molecular weight is 236 g/mol. The monoisotopic (exact) mass is 236 g/mol. The Labute approximate surface area is 102 Å². The van der Waals surface area contributed by atoms with E-state index in [-0.39, 0.29) is 11.9 Å². The number of rotatable bonds is 4. The van der Waals surface area contributed by atoms with Crippen LogP contribution in [0, 0.1) is 0 Å². The highest BCUT2D eigenvalue weighted by Crippen LogP contribution is 2.09. The van der Waals surface area contributed by atoms with Crippen molar-refractivity contribution in [2.75, 3.05) is 13.1 Å². The zero-order chi connectivity index (χ0) is 12.3. The highest BCUT2D eigenvalue weighted by atomic mass is 16.2. The first kappa shape index (κ1) is 12.1. The lowest BCUT2D eigenvalue weighted by atomic mass is 10.2. The number of hydrogen-bond acceptors (Lipinski definition) is 3. The van der Waals surface area contributed by atoms with Crippen LogP contribution in [0.25, 0.3) is 0 Å². The molecule has 1 aliphatic heterocycles. The van der Waals surface area contributed by atoms with E-state index < -0.39 is 0 Å². The van der Waals surface area contributed by atoms with Gasteiger partial charge in [-0.2, -0.15) is 5.10 Å². The molecule has 5 heteroatoms. The minimum atomic E-state index is -0.122. The molecule has 5 nitrogen and oxygen atoms in total. The smallest absolute Gasteiger partial charge is 0.239 e. The predicted molar refractivity (Wildman–Crippen MR) is 65.3 cm³/mol. The first-order chi connectivity index (χ1) is 8.18. The summed E-state index contributed by atoms with van der Waals surface area (Å²) in [5.74, 6) is 0.213. The summed E-state index contributed by atoms with van der Waals surface area (Å²) in [7, 11) is 1.91. The van der Waals surface area contributed by atoms with Gasteiger partial charge in [0.25, 0.3) is 0 Å². The van der Waals surface area contributed by atoms with E-state index in [1.807, 2.05) is 29.6 Å². The summed E-state index contributed by atoms with van der Waals surface area (Å²) in [6.07, 6.45) is 4.05. The molecular formula is C12H20N4O. The summed E-state index contributed by atoms with van der Waals surface area (Å²) in [5, 5.41) is 7.35. The molecule has 0 aliphatic carbocycles. The van der Waals surface area contributed by atoms with Crippen molar-refractivity contribution in [2.45, 2.75) is 32.4 Å². The molecule has 1 unspecified atom stereocenters. The van der Waals surface area contributed by atoms with Gasteiger partial charge in [-0.1, -0.05) is 0 Å². The van der Waals surface area contributed by atoms with Gasteiger partial charge in [-0.05, 0) is 25.8 Å². The lowest BCUT2D eigenvalue weighted by molar-refractivity contribution is -0.132. The molecular weight excluding hydrogens is 216 g/mol. The van der Waals surface area contributed by atoms with Crippen molar-refractivity contribution in [2.24, 2.45) is 7.05 Å². The maximum Gasteiger partial charge on any atom is 0.239 e. The Morgan fingerprint density at radius 3 is 2.82 bits per heavy atom. The van der Waals surface area contributed by atoms with Crippen LogP contribution in [-0.2, 0) is 18.4 Å². The number of carbonyl (C=O) groups is 1. The highest BCUT2D eigenvalue weighted by Gasteiger charge is 2.22. The van der Waals surface area contributed by atoms with Gasteiger partial charge in [0.05, 0.1) is 11.7 Å². The number of likely N-dealkylation sites (tertiary alicyclic amines) is 1. The van der Waals surface area contributed by atoms with E-state index in [4.69, 9.17) is 0 Å². The Bertz CT molecular complexity index is 382. The molecule has 1 fully saturated rings. The quantitative estimate of drug-likeness (QED) is 0.829. The van der Waals surface area contributed by atoms with Crippen LogP contribution in [0.4, 0.5) is 0 Å².